The second kappa shape index (κ2) is 7.24. The van der Waals surface area contributed by atoms with E-state index >= 15 is 0 Å². The van der Waals surface area contributed by atoms with E-state index in [0.717, 1.165) is 12.0 Å². The van der Waals surface area contributed by atoms with Crippen molar-refractivity contribution < 1.29 is 4.79 Å². The lowest BCUT2D eigenvalue weighted by Gasteiger charge is -2.04. The number of carbonyl (C=O) groups excluding carboxylic acids is 1. The average molecular weight is 225 g/mol. The fraction of sp³-hybridized carbons (Fsp3) is 0.308. The number of hydrogen-bond acceptors (Lipinski definition) is 1. The summed E-state index contributed by atoms with van der Waals surface area (Å²) >= 11 is 5.79. The van der Waals surface area contributed by atoms with Crippen molar-refractivity contribution in [2.45, 2.75) is 27.2 Å². The van der Waals surface area contributed by atoms with E-state index in [-0.39, 0.29) is 5.78 Å². The van der Waals surface area contributed by atoms with Gasteiger partial charge in [-0.2, -0.15) is 0 Å². The predicted molar refractivity (Wildman–Crippen MR) is 66.7 cm³/mol. The molecular formula is C13H17ClO. The van der Waals surface area contributed by atoms with E-state index < -0.39 is 0 Å². The van der Waals surface area contributed by atoms with E-state index in [0.29, 0.717) is 10.6 Å². The van der Waals surface area contributed by atoms with Crippen LogP contribution in [0.4, 0.5) is 0 Å². The molecule has 0 aliphatic heterocycles. The van der Waals surface area contributed by atoms with Crippen molar-refractivity contribution in [1.29, 1.82) is 0 Å². The summed E-state index contributed by atoms with van der Waals surface area (Å²) in [6, 6.07) is 5.35. The lowest BCUT2D eigenvalue weighted by molar-refractivity contribution is 0.104. The van der Waals surface area contributed by atoms with Crippen molar-refractivity contribution in [1.82, 2.24) is 0 Å². The highest BCUT2D eigenvalue weighted by molar-refractivity contribution is 6.31. The van der Waals surface area contributed by atoms with Gasteiger partial charge < -0.3 is 0 Å². The quantitative estimate of drug-likeness (QED) is 0.553. The first kappa shape index (κ1) is 13.9. The standard InChI is InChI=1S/C11H11ClO.C2H6/c1-3-8-5-6-9(12)7-10(8)11(13)4-2;1-2/h4-7H,2-3H2,1H3;1-2H3. The first-order chi connectivity index (χ1) is 7.19. The summed E-state index contributed by atoms with van der Waals surface area (Å²) in [6.07, 6.45) is 2.14. The molecule has 0 unspecified atom stereocenters. The van der Waals surface area contributed by atoms with Gasteiger partial charge >= 0.3 is 0 Å². The fourth-order valence-electron chi connectivity index (χ4n) is 1.20. The number of aryl methyl sites for hydroxylation is 1. The maximum Gasteiger partial charge on any atom is 0.185 e. The number of ketones is 1. The maximum atomic E-state index is 11.4. The highest BCUT2D eigenvalue weighted by atomic mass is 35.5. The largest absolute Gasteiger partial charge is 0.289 e. The lowest BCUT2D eigenvalue weighted by atomic mass is 10.0. The van der Waals surface area contributed by atoms with Gasteiger partial charge in [0.15, 0.2) is 5.78 Å². The number of hydrogen-bond donors (Lipinski definition) is 0. The Balaban J connectivity index is 0.000000921. The molecule has 0 amide bonds. The molecule has 0 saturated heterocycles. The summed E-state index contributed by atoms with van der Waals surface area (Å²) in [6.45, 7) is 9.45. The Morgan fingerprint density at radius 2 is 2.07 bits per heavy atom. The van der Waals surface area contributed by atoms with Gasteiger partial charge in [-0.1, -0.05) is 45.0 Å². The molecule has 2 heteroatoms. The van der Waals surface area contributed by atoms with Crippen molar-refractivity contribution in [3.63, 3.8) is 0 Å². The van der Waals surface area contributed by atoms with E-state index in [1.807, 2.05) is 26.8 Å². The van der Waals surface area contributed by atoms with Crippen LogP contribution in [0, 0.1) is 0 Å². The summed E-state index contributed by atoms with van der Waals surface area (Å²) in [5, 5.41) is 0.586. The summed E-state index contributed by atoms with van der Waals surface area (Å²) in [5.74, 6) is -0.0700. The molecule has 0 heterocycles. The third kappa shape index (κ3) is 3.88. The SMILES string of the molecule is C=CC(=O)c1cc(Cl)ccc1CC.CC. The maximum absolute atomic E-state index is 11.4. The summed E-state index contributed by atoms with van der Waals surface area (Å²) in [4.78, 5) is 11.4. The minimum absolute atomic E-state index is 0.0700. The molecule has 82 valence electrons. The minimum Gasteiger partial charge on any atom is -0.289 e. The molecule has 1 aromatic rings. The number of rotatable bonds is 3. The first-order valence-corrected chi connectivity index (χ1v) is 5.52. The molecule has 0 atom stereocenters. The minimum atomic E-state index is -0.0700. The van der Waals surface area contributed by atoms with Gasteiger partial charge in [0, 0.05) is 10.6 Å². The summed E-state index contributed by atoms with van der Waals surface area (Å²) in [5.41, 5.74) is 1.67. The molecule has 0 fully saturated rings. The number of benzene rings is 1. The molecule has 0 aromatic heterocycles. The topological polar surface area (TPSA) is 17.1 Å². The molecule has 1 rings (SSSR count). The van der Waals surface area contributed by atoms with Crippen molar-refractivity contribution in [3.05, 3.63) is 47.0 Å². The Morgan fingerprint density at radius 1 is 1.47 bits per heavy atom. The second-order valence-electron chi connectivity index (χ2n) is 2.72. The van der Waals surface area contributed by atoms with Crippen molar-refractivity contribution in [3.8, 4) is 0 Å². The monoisotopic (exact) mass is 224 g/mol. The van der Waals surface area contributed by atoms with Crippen LogP contribution >= 0.6 is 11.6 Å². The van der Waals surface area contributed by atoms with Crippen LogP contribution in [0.5, 0.6) is 0 Å². The molecule has 0 N–H and O–H groups in total. The molecule has 0 bridgehead atoms. The number of carbonyl (C=O) groups is 1. The Labute approximate surface area is 96.8 Å². The van der Waals surface area contributed by atoms with E-state index in [9.17, 15) is 4.79 Å². The zero-order valence-corrected chi connectivity index (χ0v) is 10.3. The van der Waals surface area contributed by atoms with Crippen LogP contribution in [-0.2, 0) is 6.42 Å². The van der Waals surface area contributed by atoms with Crippen LogP contribution in [0.1, 0.15) is 36.7 Å². The zero-order valence-electron chi connectivity index (χ0n) is 9.51. The van der Waals surface area contributed by atoms with Gasteiger partial charge in [0.25, 0.3) is 0 Å². The van der Waals surface area contributed by atoms with E-state index in [2.05, 4.69) is 6.58 Å². The molecule has 15 heavy (non-hydrogen) atoms. The number of halogens is 1. The molecule has 0 aliphatic rings. The molecule has 0 saturated carbocycles. The van der Waals surface area contributed by atoms with Crippen LogP contribution in [0.3, 0.4) is 0 Å². The van der Waals surface area contributed by atoms with Crippen molar-refractivity contribution in [2.75, 3.05) is 0 Å². The third-order valence-electron chi connectivity index (χ3n) is 1.90. The summed E-state index contributed by atoms with van der Waals surface area (Å²) in [7, 11) is 0. The highest BCUT2D eigenvalue weighted by Gasteiger charge is 2.07. The van der Waals surface area contributed by atoms with E-state index in [1.54, 1.807) is 12.1 Å². The first-order valence-electron chi connectivity index (χ1n) is 5.14. The molecule has 1 nitrogen and oxygen atoms in total. The molecule has 0 radical (unpaired) electrons. The Morgan fingerprint density at radius 3 is 2.53 bits per heavy atom. The average Bonchev–Trinajstić information content (AvgIpc) is 2.30. The van der Waals surface area contributed by atoms with Gasteiger partial charge in [-0.05, 0) is 30.2 Å². The van der Waals surface area contributed by atoms with Crippen LogP contribution < -0.4 is 0 Å². The van der Waals surface area contributed by atoms with Gasteiger partial charge in [0.1, 0.15) is 0 Å². The molecule has 0 spiro atoms. The van der Waals surface area contributed by atoms with Gasteiger partial charge in [-0.25, -0.2) is 0 Å². The van der Waals surface area contributed by atoms with Crippen LogP contribution in [0.25, 0.3) is 0 Å². The Hall–Kier alpha value is -1.08. The van der Waals surface area contributed by atoms with E-state index in [1.165, 1.54) is 6.08 Å². The lowest BCUT2D eigenvalue weighted by Crippen LogP contribution is -1.99. The zero-order chi connectivity index (χ0) is 11.8. The van der Waals surface area contributed by atoms with Crippen molar-refractivity contribution in [2.24, 2.45) is 0 Å². The van der Waals surface area contributed by atoms with E-state index in [4.69, 9.17) is 11.6 Å². The van der Waals surface area contributed by atoms with Crippen molar-refractivity contribution >= 4 is 17.4 Å². The van der Waals surface area contributed by atoms with Gasteiger partial charge in [0.2, 0.25) is 0 Å². The molecule has 1 aromatic carbocycles. The van der Waals surface area contributed by atoms with Crippen LogP contribution in [-0.4, -0.2) is 5.78 Å². The molecular weight excluding hydrogens is 208 g/mol. The predicted octanol–water partition coefficient (Wildman–Crippen LogP) is 4.30. The van der Waals surface area contributed by atoms with Gasteiger partial charge in [0.05, 0.1) is 0 Å². The highest BCUT2D eigenvalue weighted by Crippen LogP contribution is 2.17. The Bertz CT molecular complexity index is 342. The second-order valence-corrected chi connectivity index (χ2v) is 3.16. The summed E-state index contributed by atoms with van der Waals surface area (Å²) < 4.78 is 0. The normalized spacial score (nSPS) is 8.80. The number of allylic oxidation sites excluding steroid dienone is 1. The van der Waals surface area contributed by atoms with Gasteiger partial charge in [-0.15, -0.1) is 0 Å². The van der Waals surface area contributed by atoms with Crippen LogP contribution in [0.15, 0.2) is 30.9 Å². The Kier molecular flexibility index (Phi) is 6.72. The fourth-order valence-corrected chi connectivity index (χ4v) is 1.37. The van der Waals surface area contributed by atoms with Gasteiger partial charge in [-0.3, -0.25) is 4.79 Å². The third-order valence-corrected chi connectivity index (χ3v) is 2.14. The molecule has 0 aliphatic carbocycles. The smallest absolute Gasteiger partial charge is 0.185 e. The van der Waals surface area contributed by atoms with Crippen LogP contribution in [0.2, 0.25) is 5.02 Å².